The fraction of sp³-hybridized carbons (Fsp3) is 0.533. The number of hydrogen-bond donors (Lipinski definition) is 2. The molecule has 0 radical (unpaired) electrons. The molecule has 0 aliphatic carbocycles. The number of methoxy groups -OCH3 is 1. The first-order valence-electron chi connectivity index (χ1n) is 6.83. The van der Waals surface area contributed by atoms with Crippen molar-refractivity contribution in [3.63, 3.8) is 0 Å². The van der Waals surface area contributed by atoms with Crippen LogP contribution in [0.4, 0.5) is 5.69 Å². The van der Waals surface area contributed by atoms with Gasteiger partial charge in [0.05, 0.1) is 27.7 Å². The van der Waals surface area contributed by atoms with Gasteiger partial charge in [0.15, 0.2) is 0 Å². The SMILES string of the molecule is COc1ccc([N+](C)(C)CCCCC(N)C(=O)O)cc1. The summed E-state index contributed by atoms with van der Waals surface area (Å²) in [4.78, 5) is 10.6. The number of benzene rings is 1. The molecule has 0 aliphatic heterocycles. The Morgan fingerprint density at radius 3 is 2.40 bits per heavy atom. The second-order valence-corrected chi connectivity index (χ2v) is 5.55. The summed E-state index contributed by atoms with van der Waals surface area (Å²) < 4.78 is 5.91. The van der Waals surface area contributed by atoms with E-state index in [4.69, 9.17) is 15.6 Å². The lowest BCUT2D eigenvalue weighted by atomic mass is 10.1. The molecule has 0 fully saturated rings. The minimum atomic E-state index is -0.922. The zero-order valence-electron chi connectivity index (χ0n) is 12.5. The van der Waals surface area contributed by atoms with Crippen LogP contribution in [-0.2, 0) is 4.79 Å². The number of unbranched alkanes of at least 4 members (excludes halogenated alkanes) is 1. The minimum absolute atomic E-state index is 0.526. The van der Waals surface area contributed by atoms with Gasteiger partial charge in [0.25, 0.3) is 0 Å². The molecule has 0 aliphatic rings. The molecule has 1 aromatic carbocycles. The summed E-state index contributed by atoms with van der Waals surface area (Å²) in [6.45, 7) is 0.943. The van der Waals surface area contributed by atoms with E-state index in [1.807, 2.05) is 12.1 Å². The van der Waals surface area contributed by atoms with E-state index in [-0.39, 0.29) is 0 Å². The third kappa shape index (κ3) is 4.83. The number of aliphatic carboxylic acids is 1. The Bertz CT molecular complexity index is 429. The average Bonchev–Trinajstić information content (AvgIpc) is 2.43. The maximum Gasteiger partial charge on any atom is 0.320 e. The van der Waals surface area contributed by atoms with E-state index >= 15 is 0 Å². The molecule has 20 heavy (non-hydrogen) atoms. The van der Waals surface area contributed by atoms with E-state index in [1.54, 1.807) is 7.11 Å². The smallest absolute Gasteiger partial charge is 0.320 e. The summed E-state index contributed by atoms with van der Waals surface area (Å²) in [5.74, 6) is -0.0740. The van der Waals surface area contributed by atoms with E-state index < -0.39 is 12.0 Å². The Balaban J connectivity index is 2.46. The van der Waals surface area contributed by atoms with E-state index in [1.165, 1.54) is 5.69 Å². The van der Waals surface area contributed by atoms with Crippen LogP contribution in [0.1, 0.15) is 19.3 Å². The molecule has 5 nitrogen and oxygen atoms in total. The third-order valence-electron chi connectivity index (χ3n) is 3.57. The molecule has 0 saturated heterocycles. The number of nitrogens with zero attached hydrogens (tertiary/aromatic N) is 1. The van der Waals surface area contributed by atoms with Crippen LogP contribution in [0.25, 0.3) is 0 Å². The Morgan fingerprint density at radius 2 is 1.90 bits per heavy atom. The lowest BCUT2D eigenvalue weighted by molar-refractivity contribution is -0.138. The van der Waals surface area contributed by atoms with Crippen molar-refractivity contribution in [3.8, 4) is 5.75 Å². The average molecular weight is 281 g/mol. The first-order chi connectivity index (χ1) is 9.36. The molecule has 0 spiro atoms. The van der Waals surface area contributed by atoms with Crippen molar-refractivity contribution < 1.29 is 14.6 Å². The first kappa shape index (κ1) is 16.5. The lowest BCUT2D eigenvalue weighted by Crippen LogP contribution is -2.41. The molecule has 0 heterocycles. The van der Waals surface area contributed by atoms with Crippen molar-refractivity contribution in [1.82, 2.24) is 4.48 Å². The van der Waals surface area contributed by atoms with E-state index in [9.17, 15) is 4.79 Å². The zero-order valence-corrected chi connectivity index (χ0v) is 12.5. The summed E-state index contributed by atoms with van der Waals surface area (Å²) in [7, 11) is 5.93. The summed E-state index contributed by atoms with van der Waals surface area (Å²) in [5.41, 5.74) is 6.69. The molecule has 0 bridgehead atoms. The van der Waals surface area contributed by atoms with Crippen LogP contribution in [0, 0.1) is 0 Å². The molecule has 3 N–H and O–H groups in total. The maximum absolute atomic E-state index is 10.6. The van der Waals surface area contributed by atoms with Crippen molar-refractivity contribution in [3.05, 3.63) is 24.3 Å². The van der Waals surface area contributed by atoms with Gasteiger partial charge in [0.1, 0.15) is 17.5 Å². The summed E-state index contributed by atoms with van der Waals surface area (Å²) in [6, 6.07) is 7.28. The number of nitrogens with two attached hydrogens (primary N) is 1. The van der Waals surface area contributed by atoms with Gasteiger partial charge >= 0.3 is 5.97 Å². The van der Waals surface area contributed by atoms with Crippen LogP contribution in [0.15, 0.2) is 24.3 Å². The highest BCUT2D eigenvalue weighted by molar-refractivity contribution is 5.72. The first-order valence-corrected chi connectivity index (χ1v) is 6.83. The number of hydrogen-bond acceptors (Lipinski definition) is 3. The Labute approximate surface area is 120 Å². The van der Waals surface area contributed by atoms with Gasteiger partial charge < -0.3 is 15.6 Å². The third-order valence-corrected chi connectivity index (χ3v) is 3.57. The van der Waals surface area contributed by atoms with Crippen LogP contribution in [0.5, 0.6) is 5.75 Å². The fourth-order valence-electron chi connectivity index (χ4n) is 2.11. The van der Waals surface area contributed by atoms with E-state index in [2.05, 4.69) is 26.2 Å². The predicted molar refractivity (Wildman–Crippen MR) is 81.0 cm³/mol. The van der Waals surface area contributed by atoms with Gasteiger partial charge in [0.2, 0.25) is 0 Å². The van der Waals surface area contributed by atoms with E-state index in [0.29, 0.717) is 6.42 Å². The maximum atomic E-state index is 10.6. The van der Waals surface area contributed by atoms with Crippen molar-refractivity contribution >= 4 is 11.7 Å². The molecular weight excluding hydrogens is 256 g/mol. The largest absolute Gasteiger partial charge is 0.497 e. The second-order valence-electron chi connectivity index (χ2n) is 5.55. The monoisotopic (exact) mass is 281 g/mol. The Kier molecular flexibility index (Phi) is 5.98. The summed E-state index contributed by atoms with van der Waals surface area (Å²) in [6.07, 6.45) is 2.29. The van der Waals surface area contributed by atoms with E-state index in [0.717, 1.165) is 29.6 Å². The molecule has 0 amide bonds. The molecule has 1 rings (SSSR count). The lowest BCUT2D eigenvalue weighted by Gasteiger charge is -2.29. The number of carboxylic acids is 1. The van der Waals surface area contributed by atoms with Gasteiger partial charge in [-0.3, -0.25) is 9.28 Å². The highest BCUT2D eigenvalue weighted by Gasteiger charge is 2.19. The minimum Gasteiger partial charge on any atom is -0.497 e. The quantitative estimate of drug-likeness (QED) is 0.563. The van der Waals surface area contributed by atoms with Crippen LogP contribution >= 0.6 is 0 Å². The van der Waals surface area contributed by atoms with Crippen molar-refractivity contribution in [1.29, 1.82) is 0 Å². The van der Waals surface area contributed by atoms with Gasteiger partial charge in [-0.15, -0.1) is 0 Å². The van der Waals surface area contributed by atoms with Gasteiger partial charge in [0, 0.05) is 12.1 Å². The van der Waals surface area contributed by atoms with Crippen LogP contribution < -0.4 is 15.0 Å². The highest BCUT2D eigenvalue weighted by Crippen LogP contribution is 2.23. The molecule has 1 aromatic rings. The van der Waals surface area contributed by atoms with Crippen LogP contribution in [0.3, 0.4) is 0 Å². The molecular formula is C15H25N2O3+. The van der Waals surface area contributed by atoms with Gasteiger partial charge in [-0.2, -0.15) is 0 Å². The zero-order chi connectivity index (χ0) is 15.2. The Hall–Kier alpha value is -1.59. The van der Waals surface area contributed by atoms with Gasteiger partial charge in [-0.05, 0) is 31.4 Å². The number of rotatable bonds is 8. The molecule has 5 heteroatoms. The van der Waals surface area contributed by atoms with Gasteiger partial charge in [-0.1, -0.05) is 0 Å². The number of quaternary nitrogens is 1. The number of ether oxygens (including phenoxy) is 1. The highest BCUT2D eigenvalue weighted by atomic mass is 16.5. The Morgan fingerprint density at radius 1 is 1.30 bits per heavy atom. The molecule has 0 aromatic heterocycles. The van der Waals surface area contributed by atoms with Crippen LogP contribution in [0.2, 0.25) is 0 Å². The van der Waals surface area contributed by atoms with Crippen molar-refractivity contribution in [2.45, 2.75) is 25.3 Å². The van der Waals surface area contributed by atoms with Crippen molar-refractivity contribution in [2.75, 3.05) is 27.7 Å². The fourth-order valence-corrected chi connectivity index (χ4v) is 2.11. The molecule has 112 valence electrons. The van der Waals surface area contributed by atoms with Gasteiger partial charge in [-0.25, -0.2) is 0 Å². The van der Waals surface area contributed by atoms with Crippen molar-refractivity contribution in [2.24, 2.45) is 5.73 Å². The normalized spacial score (nSPS) is 13.0. The van der Waals surface area contributed by atoms with Crippen LogP contribution in [-0.4, -0.2) is 44.9 Å². The number of carboxylic acid groups (broad SMARTS) is 1. The summed E-state index contributed by atoms with van der Waals surface area (Å²) >= 11 is 0. The molecule has 1 unspecified atom stereocenters. The topological polar surface area (TPSA) is 72.5 Å². The molecule has 1 atom stereocenters. The molecule has 0 saturated carbocycles. The second kappa shape index (κ2) is 7.26. The summed E-state index contributed by atoms with van der Waals surface area (Å²) in [5, 5.41) is 8.73. The number of carbonyl (C=O) groups is 1. The standard InChI is InChI=1S/C15H24N2O3/c1-17(2,11-5-4-6-14(16)15(18)19)12-7-9-13(20-3)10-8-12/h7-10,14H,4-6,11,16H2,1-3H3/p+1. The predicted octanol–water partition coefficient (Wildman–Crippen LogP) is 1.84.